The normalized spacial score (nSPS) is 15.5. The van der Waals surface area contributed by atoms with Crippen LogP contribution >= 0.6 is 11.3 Å². The average molecular weight is 401 g/mol. The topological polar surface area (TPSA) is 112 Å². The first kappa shape index (κ1) is 20.0. The van der Waals surface area contributed by atoms with Crippen LogP contribution in [0.25, 0.3) is 11.4 Å². The van der Waals surface area contributed by atoms with E-state index in [1.807, 2.05) is 6.07 Å². The zero-order chi connectivity index (χ0) is 19.9. The molecule has 0 aromatic carbocycles. The minimum atomic E-state index is -1.83. The number of aromatic nitrogens is 2. The van der Waals surface area contributed by atoms with Crippen molar-refractivity contribution in [1.82, 2.24) is 9.97 Å². The Bertz CT molecular complexity index is 873. The SMILES string of the molecule is O=C(Nc1sc2c(c1-c1ncccn1)CCCC2)C1=CCCCC1.O=C(O)O. The largest absolute Gasteiger partial charge is 0.503 e. The highest BCUT2D eigenvalue weighted by molar-refractivity contribution is 7.17. The molecule has 3 N–H and O–H groups in total. The maximum Gasteiger partial charge on any atom is 0.503 e. The summed E-state index contributed by atoms with van der Waals surface area (Å²) >= 11 is 1.71. The van der Waals surface area contributed by atoms with Gasteiger partial charge < -0.3 is 15.5 Å². The Morgan fingerprint density at radius 1 is 1.00 bits per heavy atom. The molecule has 0 radical (unpaired) electrons. The molecule has 7 nitrogen and oxygen atoms in total. The number of anilines is 1. The number of fused-ring (bicyclic) bond motifs is 1. The molecule has 0 saturated heterocycles. The van der Waals surface area contributed by atoms with E-state index < -0.39 is 6.16 Å². The lowest BCUT2D eigenvalue weighted by Gasteiger charge is -2.14. The van der Waals surface area contributed by atoms with Gasteiger partial charge in [-0.15, -0.1) is 11.3 Å². The summed E-state index contributed by atoms with van der Waals surface area (Å²) in [6.45, 7) is 0. The van der Waals surface area contributed by atoms with Gasteiger partial charge in [-0.25, -0.2) is 14.8 Å². The summed E-state index contributed by atoms with van der Waals surface area (Å²) in [5.74, 6) is 0.773. The molecule has 4 rings (SSSR count). The summed E-state index contributed by atoms with van der Waals surface area (Å²) in [6, 6.07) is 1.83. The summed E-state index contributed by atoms with van der Waals surface area (Å²) in [5.41, 5.74) is 3.30. The summed E-state index contributed by atoms with van der Waals surface area (Å²) < 4.78 is 0. The molecule has 2 aromatic heterocycles. The van der Waals surface area contributed by atoms with Crippen LogP contribution in [0.1, 0.15) is 49.0 Å². The van der Waals surface area contributed by atoms with Gasteiger partial charge in [-0.3, -0.25) is 4.79 Å². The van der Waals surface area contributed by atoms with E-state index in [4.69, 9.17) is 15.0 Å². The Labute approximate surface area is 167 Å². The number of hydrogen-bond donors (Lipinski definition) is 3. The third kappa shape index (κ3) is 4.95. The molecule has 0 unspecified atom stereocenters. The molecule has 0 aliphatic heterocycles. The molecule has 148 valence electrons. The van der Waals surface area contributed by atoms with Crippen LogP contribution < -0.4 is 5.32 Å². The van der Waals surface area contributed by atoms with Crippen molar-refractivity contribution in [2.24, 2.45) is 0 Å². The van der Waals surface area contributed by atoms with Gasteiger partial charge in [-0.1, -0.05) is 6.08 Å². The Hall–Kier alpha value is -2.74. The maximum atomic E-state index is 12.7. The van der Waals surface area contributed by atoms with Crippen molar-refractivity contribution >= 4 is 28.4 Å². The number of nitrogens with one attached hydrogen (secondary N) is 1. The van der Waals surface area contributed by atoms with E-state index in [1.165, 1.54) is 29.7 Å². The van der Waals surface area contributed by atoms with Gasteiger partial charge in [0.1, 0.15) is 5.00 Å². The van der Waals surface area contributed by atoms with Crippen molar-refractivity contribution in [2.45, 2.75) is 51.4 Å². The first-order valence-corrected chi connectivity index (χ1v) is 10.2. The minimum Gasteiger partial charge on any atom is -0.450 e. The molecule has 0 atom stereocenters. The fourth-order valence-corrected chi connectivity index (χ4v) is 4.83. The summed E-state index contributed by atoms with van der Waals surface area (Å²) in [4.78, 5) is 31.5. The van der Waals surface area contributed by atoms with Crippen molar-refractivity contribution < 1.29 is 19.8 Å². The van der Waals surface area contributed by atoms with Crippen molar-refractivity contribution in [3.8, 4) is 11.4 Å². The number of aryl methyl sites for hydroxylation is 1. The third-order valence-electron chi connectivity index (χ3n) is 4.77. The van der Waals surface area contributed by atoms with Crippen LogP contribution in [0.15, 0.2) is 30.1 Å². The van der Waals surface area contributed by atoms with E-state index in [0.717, 1.165) is 54.1 Å². The zero-order valence-corrected chi connectivity index (χ0v) is 16.3. The predicted octanol–water partition coefficient (Wildman–Crippen LogP) is 4.75. The van der Waals surface area contributed by atoms with Gasteiger partial charge in [0.25, 0.3) is 5.91 Å². The van der Waals surface area contributed by atoms with E-state index in [9.17, 15) is 4.79 Å². The van der Waals surface area contributed by atoms with Crippen molar-refractivity contribution in [3.63, 3.8) is 0 Å². The van der Waals surface area contributed by atoms with Gasteiger partial charge in [0.05, 0.1) is 5.56 Å². The van der Waals surface area contributed by atoms with Crippen LogP contribution in [0.4, 0.5) is 9.80 Å². The number of amides is 1. The average Bonchev–Trinajstić information content (AvgIpc) is 3.06. The Kier molecular flexibility index (Phi) is 6.76. The molecule has 0 fully saturated rings. The number of carbonyl (C=O) groups is 2. The lowest BCUT2D eigenvalue weighted by atomic mass is 9.95. The molecule has 0 saturated carbocycles. The Morgan fingerprint density at radius 3 is 2.36 bits per heavy atom. The molecule has 2 aliphatic rings. The summed E-state index contributed by atoms with van der Waals surface area (Å²) in [5, 5.41) is 18.0. The van der Waals surface area contributed by atoms with Crippen LogP contribution in [-0.4, -0.2) is 32.2 Å². The number of hydrogen-bond acceptors (Lipinski definition) is 5. The van der Waals surface area contributed by atoms with Crippen LogP contribution in [0, 0.1) is 0 Å². The second-order valence-electron chi connectivity index (χ2n) is 6.70. The van der Waals surface area contributed by atoms with Gasteiger partial charge in [0.15, 0.2) is 5.82 Å². The number of carboxylic acid groups (broad SMARTS) is 2. The second-order valence-corrected chi connectivity index (χ2v) is 7.80. The number of carbonyl (C=O) groups excluding carboxylic acids is 1. The standard InChI is InChI=1S/C19H21N3OS.CH2O3/c23-18(13-7-2-1-3-8-13)22-19-16(17-20-11-6-12-21-17)14-9-4-5-10-15(14)24-19;2-1(3)4/h6-7,11-12H,1-5,8-10H2,(H,22,23);(H2,2,3,4). The summed E-state index contributed by atoms with van der Waals surface area (Å²) in [6.07, 6.45) is 12.5. The smallest absolute Gasteiger partial charge is 0.450 e. The monoisotopic (exact) mass is 401 g/mol. The number of nitrogens with zero attached hydrogens (tertiary/aromatic N) is 2. The fraction of sp³-hybridized carbons (Fsp3) is 0.400. The van der Waals surface area contributed by atoms with Crippen molar-refractivity contribution in [3.05, 3.63) is 40.5 Å². The van der Waals surface area contributed by atoms with Crippen molar-refractivity contribution in [2.75, 3.05) is 5.32 Å². The van der Waals surface area contributed by atoms with Gasteiger partial charge in [-0.05, 0) is 63.0 Å². The molecule has 8 heteroatoms. The molecule has 2 aliphatic carbocycles. The van der Waals surface area contributed by atoms with Crippen LogP contribution in [-0.2, 0) is 17.6 Å². The zero-order valence-electron chi connectivity index (χ0n) is 15.5. The number of rotatable bonds is 3. The highest BCUT2D eigenvalue weighted by atomic mass is 32.1. The van der Waals surface area contributed by atoms with E-state index in [1.54, 1.807) is 23.7 Å². The highest BCUT2D eigenvalue weighted by Crippen LogP contribution is 2.43. The summed E-state index contributed by atoms with van der Waals surface area (Å²) in [7, 11) is 0. The Morgan fingerprint density at radius 2 is 1.68 bits per heavy atom. The first-order chi connectivity index (χ1) is 13.6. The second kappa shape index (κ2) is 9.45. The molecule has 1 amide bonds. The van der Waals surface area contributed by atoms with E-state index in [0.29, 0.717) is 0 Å². The quantitative estimate of drug-likeness (QED) is 0.684. The van der Waals surface area contributed by atoms with E-state index >= 15 is 0 Å². The van der Waals surface area contributed by atoms with Crippen LogP contribution in [0.3, 0.4) is 0 Å². The van der Waals surface area contributed by atoms with Gasteiger partial charge >= 0.3 is 6.16 Å². The van der Waals surface area contributed by atoms with E-state index in [2.05, 4.69) is 21.4 Å². The number of allylic oxidation sites excluding steroid dienone is 1. The minimum absolute atomic E-state index is 0.0467. The molecular formula is C20H23N3O4S. The molecule has 2 aromatic rings. The Balaban J connectivity index is 0.000000516. The fourth-order valence-electron chi connectivity index (χ4n) is 3.55. The molecule has 28 heavy (non-hydrogen) atoms. The maximum absolute atomic E-state index is 12.7. The van der Waals surface area contributed by atoms with Crippen LogP contribution in [0.5, 0.6) is 0 Å². The third-order valence-corrected chi connectivity index (χ3v) is 5.98. The van der Waals surface area contributed by atoms with E-state index in [-0.39, 0.29) is 5.91 Å². The molecule has 2 heterocycles. The van der Waals surface area contributed by atoms with Gasteiger partial charge in [-0.2, -0.15) is 0 Å². The highest BCUT2D eigenvalue weighted by Gasteiger charge is 2.25. The van der Waals surface area contributed by atoms with Crippen molar-refractivity contribution in [1.29, 1.82) is 0 Å². The molecule has 0 bridgehead atoms. The first-order valence-electron chi connectivity index (χ1n) is 9.40. The lowest BCUT2D eigenvalue weighted by Crippen LogP contribution is -2.15. The molecular weight excluding hydrogens is 378 g/mol. The molecule has 0 spiro atoms. The predicted molar refractivity (Wildman–Crippen MR) is 108 cm³/mol. The number of thiophene rings is 1. The van der Waals surface area contributed by atoms with Gasteiger partial charge in [0, 0.05) is 22.8 Å². The van der Waals surface area contributed by atoms with Crippen LogP contribution in [0.2, 0.25) is 0 Å². The lowest BCUT2D eigenvalue weighted by molar-refractivity contribution is -0.113. The van der Waals surface area contributed by atoms with Gasteiger partial charge in [0.2, 0.25) is 0 Å².